The van der Waals surface area contributed by atoms with Crippen molar-refractivity contribution in [2.24, 2.45) is 11.7 Å². The summed E-state index contributed by atoms with van der Waals surface area (Å²) in [7, 11) is 0. The minimum atomic E-state index is 0.141. The van der Waals surface area contributed by atoms with Gasteiger partial charge in [0.25, 0.3) is 0 Å². The highest BCUT2D eigenvalue weighted by Crippen LogP contribution is 2.04. The standard InChI is InChI=1S/C12H26N2OS/c1-11(10-13)9-12(15)14-7-5-3-4-6-8-16-2/h11H,3-10,13H2,1-2H3,(H,14,15). The van der Waals surface area contributed by atoms with Crippen LogP contribution in [0.3, 0.4) is 0 Å². The molecule has 0 bridgehead atoms. The van der Waals surface area contributed by atoms with Gasteiger partial charge in [-0.05, 0) is 37.3 Å². The lowest BCUT2D eigenvalue weighted by Crippen LogP contribution is -2.27. The van der Waals surface area contributed by atoms with Gasteiger partial charge in [0.2, 0.25) is 5.91 Å². The van der Waals surface area contributed by atoms with Crippen LogP contribution in [-0.4, -0.2) is 31.0 Å². The molecule has 1 amide bonds. The molecule has 96 valence electrons. The van der Waals surface area contributed by atoms with Crippen molar-refractivity contribution in [3.8, 4) is 0 Å². The van der Waals surface area contributed by atoms with Gasteiger partial charge in [0.05, 0.1) is 0 Å². The molecule has 4 heteroatoms. The number of carbonyl (C=O) groups excluding carboxylic acids is 1. The first-order chi connectivity index (χ1) is 7.70. The molecule has 0 spiro atoms. The van der Waals surface area contributed by atoms with Crippen molar-refractivity contribution in [2.75, 3.05) is 25.1 Å². The highest BCUT2D eigenvalue weighted by molar-refractivity contribution is 7.98. The summed E-state index contributed by atoms with van der Waals surface area (Å²) in [6, 6.07) is 0. The van der Waals surface area contributed by atoms with Gasteiger partial charge in [-0.2, -0.15) is 11.8 Å². The van der Waals surface area contributed by atoms with E-state index in [0.29, 0.717) is 18.9 Å². The molecule has 1 unspecified atom stereocenters. The molecule has 0 saturated carbocycles. The molecule has 0 aliphatic carbocycles. The highest BCUT2D eigenvalue weighted by atomic mass is 32.2. The summed E-state index contributed by atoms with van der Waals surface area (Å²) < 4.78 is 0. The first-order valence-electron chi connectivity index (χ1n) is 6.16. The molecule has 0 aromatic carbocycles. The molecule has 0 aromatic rings. The quantitative estimate of drug-likeness (QED) is 0.580. The van der Waals surface area contributed by atoms with Crippen molar-refractivity contribution < 1.29 is 4.79 Å². The highest BCUT2D eigenvalue weighted by Gasteiger charge is 2.05. The lowest BCUT2D eigenvalue weighted by Gasteiger charge is -2.08. The normalized spacial score (nSPS) is 12.4. The van der Waals surface area contributed by atoms with E-state index in [9.17, 15) is 4.79 Å². The maximum Gasteiger partial charge on any atom is 0.220 e. The van der Waals surface area contributed by atoms with Crippen molar-refractivity contribution in [3.63, 3.8) is 0 Å². The van der Waals surface area contributed by atoms with Gasteiger partial charge in [-0.15, -0.1) is 0 Å². The molecule has 16 heavy (non-hydrogen) atoms. The molecule has 0 heterocycles. The van der Waals surface area contributed by atoms with E-state index in [1.54, 1.807) is 0 Å². The molecule has 0 saturated heterocycles. The fourth-order valence-corrected chi connectivity index (χ4v) is 1.92. The summed E-state index contributed by atoms with van der Waals surface area (Å²) in [6.45, 7) is 3.40. The zero-order valence-corrected chi connectivity index (χ0v) is 11.4. The van der Waals surface area contributed by atoms with E-state index >= 15 is 0 Å². The lowest BCUT2D eigenvalue weighted by atomic mass is 10.1. The molecule has 0 aliphatic heterocycles. The predicted octanol–water partition coefficient (Wildman–Crippen LogP) is 2.01. The fraction of sp³-hybridized carbons (Fsp3) is 0.917. The third kappa shape index (κ3) is 10.3. The zero-order valence-electron chi connectivity index (χ0n) is 10.6. The van der Waals surface area contributed by atoms with Gasteiger partial charge in [-0.25, -0.2) is 0 Å². The summed E-state index contributed by atoms with van der Waals surface area (Å²) >= 11 is 1.90. The average Bonchev–Trinajstić information content (AvgIpc) is 2.27. The summed E-state index contributed by atoms with van der Waals surface area (Å²) in [5.74, 6) is 1.68. The fourth-order valence-electron chi connectivity index (χ4n) is 1.42. The molecule has 3 N–H and O–H groups in total. The largest absolute Gasteiger partial charge is 0.356 e. The van der Waals surface area contributed by atoms with E-state index in [0.717, 1.165) is 13.0 Å². The monoisotopic (exact) mass is 246 g/mol. The molecule has 0 rings (SSSR count). The van der Waals surface area contributed by atoms with Crippen molar-refractivity contribution in [1.82, 2.24) is 5.32 Å². The number of unbranched alkanes of at least 4 members (excludes halogenated alkanes) is 3. The Morgan fingerprint density at radius 3 is 2.62 bits per heavy atom. The van der Waals surface area contributed by atoms with E-state index < -0.39 is 0 Å². The number of amides is 1. The van der Waals surface area contributed by atoms with Crippen molar-refractivity contribution in [1.29, 1.82) is 0 Å². The molecular formula is C12H26N2OS. The number of nitrogens with one attached hydrogen (secondary N) is 1. The van der Waals surface area contributed by atoms with Crippen LogP contribution in [0.1, 0.15) is 39.0 Å². The van der Waals surface area contributed by atoms with Gasteiger partial charge in [0.1, 0.15) is 0 Å². The number of hydrogen-bond acceptors (Lipinski definition) is 3. The van der Waals surface area contributed by atoms with E-state index in [-0.39, 0.29) is 5.91 Å². The Morgan fingerprint density at radius 2 is 2.00 bits per heavy atom. The topological polar surface area (TPSA) is 55.1 Å². The van der Waals surface area contributed by atoms with Gasteiger partial charge in [0, 0.05) is 13.0 Å². The Hall–Kier alpha value is -0.220. The Kier molecular flexibility index (Phi) is 11.1. The third-order valence-electron chi connectivity index (χ3n) is 2.53. The minimum Gasteiger partial charge on any atom is -0.356 e. The first kappa shape index (κ1) is 15.8. The van der Waals surface area contributed by atoms with Crippen LogP contribution in [0.25, 0.3) is 0 Å². The van der Waals surface area contributed by atoms with Crippen molar-refractivity contribution in [2.45, 2.75) is 39.0 Å². The van der Waals surface area contributed by atoms with E-state index in [4.69, 9.17) is 5.73 Å². The van der Waals surface area contributed by atoms with E-state index in [1.165, 1.54) is 25.0 Å². The van der Waals surface area contributed by atoms with Crippen LogP contribution < -0.4 is 11.1 Å². The van der Waals surface area contributed by atoms with Gasteiger partial charge in [0.15, 0.2) is 0 Å². The SMILES string of the molecule is CSCCCCCCNC(=O)CC(C)CN. The molecule has 1 atom stereocenters. The average molecular weight is 246 g/mol. The smallest absolute Gasteiger partial charge is 0.220 e. The van der Waals surface area contributed by atoms with Gasteiger partial charge < -0.3 is 11.1 Å². The Bertz CT molecular complexity index is 176. The Balaban J connectivity index is 3.21. The summed E-state index contributed by atoms with van der Waals surface area (Å²) in [5.41, 5.74) is 5.46. The van der Waals surface area contributed by atoms with Crippen LogP contribution in [-0.2, 0) is 4.79 Å². The molecule has 3 nitrogen and oxygen atoms in total. The van der Waals surface area contributed by atoms with Crippen LogP contribution in [0.4, 0.5) is 0 Å². The molecule has 0 radical (unpaired) electrons. The maximum absolute atomic E-state index is 11.4. The van der Waals surface area contributed by atoms with Crippen LogP contribution in [0.2, 0.25) is 0 Å². The second-order valence-electron chi connectivity index (χ2n) is 4.30. The second-order valence-corrected chi connectivity index (χ2v) is 5.29. The second kappa shape index (κ2) is 11.3. The minimum absolute atomic E-state index is 0.141. The van der Waals surface area contributed by atoms with Crippen LogP contribution in [0, 0.1) is 5.92 Å². The van der Waals surface area contributed by atoms with E-state index in [1.807, 2.05) is 18.7 Å². The van der Waals surface area contributed by atoms with Gasteiger partial charge in [-0.3, -0.25) is 4.79 Å². The predicted molar refractivity (Wildman–Crippen MR) is 72.7 cm³/mol. The maximum atomic E-state index is 11.4. The molecule has 0 aromatic heterocycles. The van der Waals surface area contributed by atoms with Crippen LogP contribution >= 0.6 is 11.8 Å². The third-order valence-corrected chi connectivity index (χ3v) is 3.23. The lowest BCUT2D eigenvalue weighted by molar-refractivity contribution is -0.121. The first-order valence-corrected chi connectivity index (χ1v) is 7.55. The number of rotatable bonds is 10. The molecule has 0 aliphatic rings. The summed E-state index contributed by atoms with van der Waals surface area (Å²) in [5, 5.41) is 2.94. The van der Waals surface area contributed by atoms with Crippen molar-refractivity contribution >= 4 is 17.7 Å². The summed E-state index contributed by atoms with van der Waals surface area (Å²) in [4.78, 5) is 11.4. The molecule has 0 fully saturated rings. The van der Waals surface area contributed by atoms with Crippen LogP contribution in [0.15, 0.2) is 0 Å². The number of carbonyl (C=O) groups is 1. The zero-order chi connectivity index (χ0) is 12.2. The number of thioether (sulfide) groups is 1. The van der Waals surface area contributed by atoms with Crippen molar-refractivity contribution in [3.05, 3.63) is 0 Å². The van der Waals surface area contributed by atoms with Gasteiger partial charge >= 0.3 is 0 Å². The Labute approximate surface area is 104 Å². The number of nitrogens with two attached hydrogens (primary N) is 1. The van der Waals surface area contributed by atoms with E-state index in [2.05, 4.69) is 11.6 Å². The number of hydrogen-bond donors (Lipinski definition) is 2. The Morgan fingerprint density at radius 1 is 1.31 bits per heavy atom. The molecular weight excluding hydrogens is 220 g/mol. The van der Waals surface area contributed by atoms with Crippen LogP contribution in [0.5, 0.6) is 0 Å². The summed E-state index contributed by atoms with van der Waals surface area (Å²) in [6.07, 6.45) is 7.57. The van der Waals surface area contributed by atoms with Gasteiger partial charge in [-0.1, -0.05) is 19.8 Å².